The summed E-state index contributed by atoms with van der Waals surface area (Å²) in [5, 5.41) is 9.49. The van der Waals surface area contributed by atoms with E-state index in [-0.39, 0.29) is 35.5 Å². The molecule has 0 saturated heterocycles. The summed E-state index contributed by atoms with van der Waals surface area (Å²) in [5.74, 6) is 1.37. The second-order valence-electron chi connectivity index (χ2n) is 6.29. The van der Waals surface area contributed by atoms with E-state index in [4.69, 9.17) is 4.74 Å². The molecule has 162 valence electrons. The van der Waals surface area contributed by atoms with Crippen molar-refractivity contribution in [1.82, 2.24) is 15.6 Å². The number of benzene rings is 1. The molecule has 0 unspecified atom stereocenters. The Morgan fingerprint density at radius 2 is 2.00 bits per heavy atom. The number of hydrogen-bond donors (Lipinski definition) is 2. The monoisotopic (exact) mass is 540 g/mol. The largest absolute Gasteiger partial charge is 0.493 e. The van der Waals surface area contributed by atoms with Crippen LogP contribution in [0.15, 0.2) is 28.6 Å². The third kappa shape index (κ3) is 8.29. The van der Waals surface area contributed by atoms with Crippen molar-refractivity contribution < 1.29 is 18.3 Å². The van der Waals surface area contributed by atoms with E-state index >= 15 is 0 Å². The van der Waals surface area contributed by atoms with Crippen LogP contribution in [-0.2, 0) is 13.0 Å². The van der Waals surface area contributed by atoms with Crippen molar-refractivity contribution in [1.29, 1.82) is 0 Å². The minimum Gasteiger partial charge on any atom is -0.493 e. The molecule has 6 nitrogen and oxygen atoms in total. The summed E-state index contributed by atoms with van der Waals surface area (Å²) in [6.45, 7) is 2.50. The average molecular weight is 540 g/mol. The molecule has 0 fully saturated rings. The molecule has 0 spiro atoms. The quantitative estimate of drug-likeness (QED) is 0.281. The van der Waals surface area contributed by atoms with E-state index in [0.29, 0.717) is 31.4 Å². The van der Waals surface area contributed by atoms with Crippen molar-refractivity contribution in [2.24, 2.45) is 4.99 Å². The van der Waals surface area contributed by atoms with Gasteiger partial charge in [0.15, 0.2) is 17.5 Å². The van der Waals surface area contributed by atoms with E-state index in [0.717, 1.165) is 16.3 Å². The number of rotatable bonds is 9. The predicted molar refractivity (Wildman–Crippen MR) is 123 cm³/mol. The van der Waals surface area contributed by atoms with Crippen molar-refractivity contribution in [3.05, 3.63) is 39.8 Å². The Morgan fingerprint density at radius 3 is 2.59 bits per heavy atom. The minimum absolute atomic E-state index is 0. The van der Waals surface area contributed by atoms with Crippen LogP contribution in [0.4, 0.5) is 8.78 Å². The molecule has 1 heterocycles. The Labute approximate surface area is 191 Å². The van der Waals surface area contributed by atoms with Crippen molar-refractivity contribution in [3.63, 3.8) is 0 Å². The molecule has 0 amide bonds. The molecule has 2 aromatic rings. The normalized spacial score (nSPS) is 11.4. The molecule has 0 atom stereocenters. The number of guanidine groups is 1. The molecule has 0 aliphatic rings. The van der Waals surface area contributed by atoms with Gasteiger partial charge in [0.05, 0.1) is 19.3 Å². The highest BCUT2D eigenvalue weighted by molar-refractivity contribution is 14.0. The van der Waals surface area contributed by atoms with Crippen LogP contribution < -0.4 is 20.1 Å². The lowest BCUT2D eigenvalue weighted by Gasteiger charge is -2.13. The van der Waals surface area contributed by atoms with Gasteiger partial charge in [-0.3, -0.25) is 4.99 Å². The van der Waals surface area contributed by atoms with Gasteiger partial charge in [-0.25, -0.2) is 4.98 Å². The smallest absolute Gasteiger partial charge is 0.387 e. The van der Waals surface area contributed by atoms with Gasteiger partial charge >= 0.3 is 6.61 Å². The Kier molecular flexibility index (Phi) is 11.2. The molecule has 0 radical (unpaired) electrons. The van der Waals surface area contributed by atoms with Crippen molar-refractivity contribution >= 4 is 41.3 Å². The molecule has 2 N–H and O–H groups in total. The van der Waals surface area contributed by atoms with Gasteiger partial charge in [-0.1, -0.05) is 19.9 Å². The molecule has 10 heteroatoms. The van der Waals surface area contributed by atoms with E-state index in [1.165, 1.54) is 7.11 Å². The molecule has 29 heavy (non-hydrogen) atoms. The fourth-order valence-electron chi connectivity index (χ4n) is 2.44. The number of aliphatic imine (C=N–C) groups is 1. The molecular formula is C19H27F2IN4O2S. The standard InChI is InChI=1S/C19H26F2N4O2S.HI/c1-12(2)14-11-28-17(25-14)10-24-19(22-3)23-8-7-13-5-6-15(26-4)16(9-13)27-18(20)21;/h5-6,9,11-12,18H,7-8,10H2,1-4H3,(H2,22,23,24);1H. The maximum atomic E-state index is 12.5. The van der Waals surface area contributed by atoms with E-state index in [2.05, 4.69) is 44.6 Å². The summed E-state index contributed by atoms with van der Waals surface area (Å²) >= 11 is 1.62. The SMILES string of the molecule is CN=C(NCCc1ccc(OC)c(OC(F)F)c1)NCc1nc(C(C)C)cs1.I. The van der Waals surface area contributed by atoms with Gasteiger partial charge in [0.25, 0.3) is 0 Å². The van der Waals surface area contributed by atoms with Crippen LogP contribution in [0.5, 0.6) is 11.5 Å². The average Bonchev–Trinajstić information content (AvgIpc) is 3.13. The fraction of sp³-hybridized carbons (Fsp3) is 0.474. The second-order valence-corrected chi connectivity index (χ2v) is 7.23. The third-order valence-corrected chi connectivity index (χ3v) is 4.81. The summed E-state index contributed by atoms with van der Waals surface area (Å²) in [4.78, 5) is 8.77. The van der Waals surface area contributed by atoms with Crippen molar-refractivity contribution in [2.45, 2.75) is 39.3 Å². The van der Waals surface area contributed by atoms with Gasteiger partial charge in [-0.2, -0.15) is 8.78 Å². The lowest BCUT2D eigenvalue weighted by molar-refractivity contribution is -0.0512. The number of thiazole rings is 1. The first-order chi connectivity index (χ1) is 13.4. The van der Waals surface area contributed by atoms with Crippen LogP contribution in [0.2, 0.25) is 0 Å². The first kappa shape index (κ1) is 25.3. The zero-order valence-electron chi connectivity index (χ0n) is 16.9. The van der Waals surface area contributed by atoms with E-state index < -0.39 is 6.61 Å². The lowest BCUT2D eigenvalue weighted by Crippen LogP contribution is -2.37. The number of nitrogens with one attached hydrogen (secondary N) is 2. The Hall–Kier alpha value is -1.69. The summed E-state index contributed by atoms with van der Waals surface area (Å²) < 4.78 is 34.6. The first-order valence-electron chi connectivity index (χ1n) is 8.93. The van der Waals surface area contributed by atoms with Crippen LogP contribution in [0.25, 0.3) is 0 Å². The zero-order chi connectivity index (χ0) is 20.5. The van der Waals surface area contributed by atoms with E-state index in [9.17, 15) is 8.78 Å². The minimum atomic E-state index is -2.90. The Balaban J connectivity index is 0.00000420. The molecule has 0 bridgehead atoms. The maximum Gasteiger partial charge on any atom is 0.387 e. The number of ether oxygens (including phenoxy) is 2. The zero-order valence-corrected chi connectivity index (χ0v) is 20.0. The van der Waals surface area contributed by atoms with Crippen LogP contribution in [0.3, 0.4) is 0 Å². The molecule has 1 aromatic carbocycles. The molecule has 0 aliphatic heterocycles. The number of methoxy groups -OCH3 is 1. The van der Waals surface area contributed by atoms with Gasteiger partial charge in [0.2, 0.25) is 0 Å². The topological polar surface area (TPSA) is 67.8 Å². The van der Waals surface area contributed by atoms with Gasteiger partial charge < -0.3 is 20.1 Å². The summed E-state index contributed by atoms with van der Waals surface area (Å²) in [6.07, 6.45) is 0.610. The van der Waals surface area contributed by atoms with Crippen molar-refractivity contribution in [3.8, 4) is 11.5 Å². The predicted octanol–water partition coefficient (Wildman–Crippen LogP) is 4.40. The van der Waals surface area contributed by atoms with Gasteiger partial charge in [0, 0.05) is 19.0 Å². The van der Waals surface area contributed by atoms with E-state index in [1.54, 1.807) is 30.5 Å². The number of alkyl halides is 2. The fourth-order valence-corrected chi connectivity index (χ4v) is 3.34. The van der Waals surface area contributed by atoms with Crippen LogP contribution in [-0.4, -0.2) is 38.3 Å². The van der Waals surface area contributed by atoms with Gasteiger partial charge in [-0.05, 0) is 30.0 Å². The lowest BCUT2D eigenvalue weighted by atomic mass is 10.1. The maximum absolute atomic E-state index is 12.5. The number of aromatic nitrogens is 1. The highest BCUT2D eigenvalue weighted by Crippen LogP contribution is 2.29. The summed E-state index contributed by atoms with van der Waals surface area (Å²) in [7, 11) is 3.11. The van der Waals surface area contributed by atoms with Crippen LogP contribution >= 0.6 is 35.3 Å². The highest BCUT2D eigenvalue weighted by atomic mass is 127. The number of nitrogens with zero attached hydrogens (tertiary/aromatic N) is 2. The van der Waals surface area contributed by atoms with Crippen LogP contribution in [0, 0.1) is 0 Å². The first-order valence-corrected chi connectivity index (χ1v) is 9.81. The van der Waals surface area contributed by atoms with Crippen LogP contribution in [0.1, 0.15) is 36.0 Å². The summed E-state index contributed by atoms with van der Waals surface area (Å²) in [5.41, 5.74) is 1.94. The third-order valence-electron chi connectivity index (χ3n) is 3.94. The Morgan fingerprint density at radius 1 is 1.24 bits per heavy atom. The van der Waals surface area contributed by atoms with Gasteiger partial charge in [-0.15, -0.1) is 35.3 Å². The second kappa shape index (κ2) is 12.8. The number of halogens is 3. The highest BCUT2D eigenvalue weighted by Gasteiger charge is 2.11. The van der Waals surface area contributed by atoms with E-state index in [1.807, 2.05) is 6.07 Å². The molecular weight excluding hydrogens is 513 g/mol. The van der Waals surface area contributed by atoms with Gasteiger partial charge in [0.1, 0.15) is 5.01 Å². The molecule has 2 rings (SSSR count). The molecule has 0 aliphatic carbocycles. The molecule has 0 saturated carbocycles. The Bertz CT molecular complexity index is 787. The summed E-state index contributed by atoms with van der Waals surface area (Å²) in [6, 6.07) is 5.00. The number of hydrogen-bond acceptors (Lipinski definition) is 5. The van der Waals surface area contributed by atoms with Crippen molar-refractivity contribution in [2.75, 3.05) is 20.7 Å². The molecule has 1 aromatic heterocycles.